The first-order valence-electron chi connectivity index (χ1n) is 7.28. The molecule has 0 fully saturated rings. The van der Waals surface area contributed by atoms with E-state index >= 15 is 0 Å². The van der Waals surface area contributed by atoms with E-state index < -0.39 is 0 Å². The third kappa shape index (κ3) is 2.72. The van der Waals surface area contributed by atoms with E-state index in [1.54, 1.807) is 7.11 Å². The van der Waals surface area contributed by atoms with Gasteiger partial charge in [-0.25, -0.2) is 0 Å². The highest BCUT2D eigenvalue weighted by molar-refractivity contribution is 5.77. The molecule has 0 bridgehead atoms. The SMILES string of the molecule is COc1ccc2c(c1)C(CN(C)C)c1ccccc1C=C2. The van der Waals surface area contributed by atoms with Gasteiger partial charge in [0.25, 0.3) is 0 Å². The molecule has 108 valence electrons. The van der Waals surface area contributed by atoms with Gasteiger partial charge in [0.1, 0.15) is 5.75 Å². The molecule has 0 aromatic heterocycles. The van der Waals surface area contributed by atoms with Crippen LogP contribution in [0, 0.1) is 0 Å². The van der Waals surface area contributed by atoms with Crippen molar-refractivity contribution in [3.63, 3.8) is 0 Å². The Bertz CT molecular complexity index is 673. The van der Waals surface area contributed by atoms with Gasteiger partial charge < -0.3 is 9.64 Å². The van der Waals surface area contributed by atoms with Crippen LogP contribution in [0.2, 0.25) is 0 Å². The standard InChI is InChI=1S/C19H21NO/c1-20(2)13-19-17-7-5-4-6-14(17)8-9-15-10-11-16(21-3)12-18(15)19/h4-12,19H,13H2,1-3H3. The summed E-state index contributed by atoms with van der Waals surface area (Å²) in [6.07, 6.45) is 4.43. The number of likely N-dealkylation sites (N-methyl/N-ethyl adjacent to an activating group) is 1. The fourth-order valence-corrected chi connectivity index (χ4v) is 3.02. The number of rotatable bonds is 3. The number of methoxy groups -OCH3 is 1. The van der Waals surface area contributed by atoms with Crippen molar-refractivity contribution in [1.29, 1.82) is 0 Å². The fraction of sp³-hybridized carbons (Fsp3) is 0.263. The minimum atomic E-state index is 0.358. The maximum atomic E-state index is 5.42. The first-order chi connectivity index (χ1) is 10.2. The fourth-order valence-electron chi connectivity index (χ4n) is 3.02. The first-order valence-corrected chi connectivity index (χ1v) is 7.28. The van der Waals surface area contributed by atoms with Crippen molar-refractivity contribution in [2.75, 3.05) is 27.7 Å². The van der Waals surface area contributed by atoms with Gasteiger partial charge in [0.05, 0.1) is 7.11 Å². The van der Waals surface area contributed by atoms with Crippen LogP contribution < -0.4 is 4.74 Å². The molecule has 21 heavy (non-hydrogen) atoms. The van der Waals surface area contributed by atoms with Gasteiger partial charge in [0.15, 0.2) is 0 Å². The van der Waals surface area contributed by atoms with E-state index in [1.807, 2.05) is 6.07 Å². The molecule has 0 radical (unpaired) electrons. The number of ether oxygens (including phenoxy) is 1. The van der Waals surface area contributed by atoms with Crippen LogP contribution in [0.5, 0.6) is 5.75 Å². The van der Waals surface area contributed by atoms with E-state index in [2.05, 4.69) is 67.5 Å². The Kier molecular flexibility index (Phi) is 3.80. The van der Waals surface area contributed by atoms with E-state index in [1.165, 1.54) is 22.3 Å². The largest absolute Gasteiger partial charge is 0.497 e. The Labute approximate surface area is 126 Å². The number of hydrogen-bond donors (Lipinski definition) is 0. The predicted molar refractivity (Wildman–Crippen MR) is 88.8 cm³/mol. The molecule has 2 aromatic rings. The summed E-state index contributed by atoms with van der Waals surface area (Å²) >= 11 is 0. The molecule has 0 spiro atoms. The molecule has 0 aliphatic heterocycles. The summed E-state index contributed by atoms with van der Waals surface area (Å²) in [5, 5.41) is 0. The van der Waals surface area contributed by atoms with Crippen molar-refractivity contribution >= 4 is 12.2 Å². The van der Waals surface area contributed by atoms with E-state index in [-0.39, 0.29) is 0 Å². The van der Waals surface area contributed by atoms with E-state index in [9.17, 15) is 0 Å². The average molecular weight is 279 g/mol. The van der Waals surface area contributed by atoms with Crippen molar-refractivity contribution < 1.29 is 4.74 Å². The van der Waals surface area contributed by atoms with Crippen molar-refractivity contribution in [1.82, 2.24) is 4.90 Å². The zero-order valence-corrected chi connectivity index (χ0v) is 12.8. The average Bonchev–Trinajstić information content (AvgIpc) is 2.64. The molecule has 1 aliphatic carbocycles. The van der Waals surface area contributed by atoms with Gasteiger partial charge in [-0.15, -0.1) is 0 Å². The second-order valence-corrected chi connectivity index (χ2v) is 5.77. The molecular formula is C19H21NO. The molecule has 2 heteroatoms. The summed E-state index contributed by atoms with van der Waals surface area (Å²) in [6.45, 7) is 0.985. The highest BCUT2D eigenvalue weighted by Gasteiger charge is 2.22. The summed E-state index contributed by atoms with van der Waals surface area (Å²) < 4.78 is 5.42. The van der Waals surface area contributed by atoms with Crippen molar-refractivity contribution in [2.24, 2.45) is 0 Å². The minimum Gasteiger partial charge on any atom is -0.497 e. The molecule has 0 saturated heterocycles. The molecular weight excluding hydrogens is 258 g/mol. The van der Waals surface area contributed by atoms with Crippen molar-refractivity contribution in [3.05, 3.63) is 64.7 Å². The third-order valence-electron chi connectivity index (χ3n) is 4.03. The second-order valence-electron chi connectivity index (χ2n) is 5.77. The summed E-state index contributed by atoms with van der Waals surface area (Å²) in [5.41, 5.74) is 5.30. The number of benzene rings is 2. The van der Waals surface area contributed by atoms with Crippen LogP contribution >= 0.6 is 0 Å². The molecule has 2 aromatic carbocycles. The van der Waals surface area contributed by atoms with Gasteiger partial charge in [-0.2, -0.15) is 0 Å². The van der Waals surface area contributed by atoms with Gasteiger partial charge in [0, 0.05) is 12.5 Å². The van der Waals surface area contributed by atoms with Crippen LogP contribution in [0.15, 0.2) is 42.5 Å². The lowest BCUT2D eigenvalue weighted by Crippen LogP contribution is -2.22. The van der Waals surface area contributed by atoms with Gasteiger partial charge in [-0.3, -0.25) is 0 Å². The maximum absolute atomic E-state index is 5.42. The monoisotopic (exact) mass is 279 g/mol. The highest BCUT2D eigenvalue weighted by atomic mass is 16.5. The molecule has 1 unspecified atom stereocenters. The van der Waals surface area contributed by atoms with E-state index in [0.29, 0.717) is 5.92 Å². The molecule has 1 atom stereocenters. The summed E-state index contributed by atoms with van der Waals surface area (Å²) in [6, 6.07) is 15.0. The quantitative estimate of drug-likeness (QED) is 0.845. The normalized spacial score (nSPS) is 16.3. The van der Waals surface area contributed by atoms with E-state index in [4.69, 9.17) is 4.74 Å². The predicted octanol–water partition coefficient (Wildman–Crippen LogP) is 3.87. The van der Waals surface area contributed by atoms with Crippen LogP contribution in [-0.4, -0.2) is 32.6 Å². The van der Waals surface area contributed by atoms with Crippen LogP contribution in [0.25, 0.3) is 12.2 Å². The van der Waals surface area contributed by atoms with Crippen LogP contribution in [0.1, 0.15) is 28.2 Å². The number of nitrogens with zero attached hydrogens (tertiary/aromatic N) is 1. The topological polar surface area (TPSA) is 12.5 Å². The van der Waals surface area contributed by atoms with Crippen LogP contribution in [0.3, 0.4) is 0 Å². The van der Waals surface area contributed by atoms with Gasteiger partial charge in [0.2, 0.25) is 0 Å². The van der Waals surface area contributed by atoms with Crippen LogP contribution in [-0.2, 0) is 0 Å². The first kappa shape index (κ1) is 13.9. The summed E-state index contributed by atoms with van der Waals surface area (Å²) in [4.78, 5) is 2.25. The van der Waals surface area contributed by atoms with Gasteiger partial charge >= 0.3 is 0 Å². The zero-order chi connectivity index (χ0) is 14.8. The third-order valence-corrected chi connectivity index (χ3v) is 4.03. The summed E-state index contributed by atoms with van der Waals surface area (Å²) in [7, 11) is 5.98. The second kappa shape index (κ2) is 5.74. The number of hydrogen-bond acceptors (Lipinski definition) is 2. The molecule has 3 rings (SSSR count). The van der Waals surface area contributed by atoms with Gasteiger partial charge in [-0.1, -0.05) is 42.5 Å². The lowest BCUT2D eigenvalue weighted by molar-refractivity contribution is 0.389. The Balaban J connectivity index is 2.18. The van der Waals surface area contributed by atoms with Crippen LogP contribution in [0.4, 0.5) is 0 Å². The smallest absolute Gasteiger partial charge is 0.119 e. The molecule has 2 nitrogen and oxygen atoms in total. The Morgan fingerprint density at radius 3 is 2.38 bits per heavy atom. The maximum Gasteiger partial charge on any atom is 0.119 e. The molecule has 0 saturated carbocycles. The van der Waals surface area contributed by atoms with Gasteiger partial charge in [-0.05, 0) is 48.5 Å². The molecule has 0 heterocycles. The number of fused-ring (bicyclic) bond motifs is 2. The lowest BCUT2D eigenvalue weighted by atomic mass is 9.87. The van der Waals surface area contributed by atoms with E-state index in [0.717, 1.165) is 12.3 Å². The van der Waals surface area contributed by atoms with Crippen molar-refractivity contribution in [2.45, 2.75) is 5.92 Å². The van der Waals surface area contributed by atoms with Crippen molar-refractivity contribution in [3.8, 4) is 5.75 Å². The molecule has 0 amide bonds. The Morgan fingerprint density at radius 1 is 0.952 bits per heavy atom. The Hall–Kier alpha value is -2.06. The highest BCUT2D eigenvalue weighted by Crippen LogP contribution is 2.36. The Morgan fingerprint density at radius 2 is 1.67 bits per heavy atom. The zero-order valence-electron chi connectivity index (χ0n) is 12.8. The minimum absolute atomic E-state index is 0.358. The molecule has 0 N–H and O–H groups in total. The lowest BCUT2D eigenvalue weighted by Gasteiger charge is -2.24. The summed E-state index contributed by atoms with van der Waals surface area (Å²) in [5.74, 6) is 1.28. The molecule has 1 aliphatic rings.